The van der Waals surface area contributed by atoms with Crippen LogP contribution in [0.2, 0.25) is 0 Å². The van der Waals surface area contributed by atoms with E-state index in [0.717, 1.165) is 0 Å². The first-order valence-electron chi connectivity index (χ1n) is 7.97. The third kappa shape index (κ3) is 5.20. The number of hydrogen-bond donors (Lipinski definition) is 0. The van der Waals surface area contributed by atoms with E-state index in [-0.39, 0.29) is 12.3 Å². The van der Waals surface area contributed by atoms with E-state index < -0.39 is 16.5 Å². The van der Waals surface area contributed by atoms with Crippen LogP contribution in [0.5, 0.6) is 11.5 Å². The molecule has 0 saturated heterocycles. The van der Waals surface area contributed by atoms with E-state index in [1.807, 2.05) is 0 Å². The van der Waals surface area contributed by atoms with E-state index in [2.05, 4.69) is 0 Å². The highest BCUT2D eigenvalue weighted by Gasteiger charge is 2.18. The molecule has 0 aliphatic carbocycles. The maximum atomic E-state index is 11.9. The van der Waals surface area contributed by atoms with Gasteiger partial charge in [0.05, 0.1) is 12.0 Å². The molecule has 0 amide bonds. The molecule has 7 nitrogen and oxygen atoms in total. The highest BCUT2D eigenvalue weighted by Crippen LogP contribution is 2.34. The summed E-state index contributed by atoms with van der Waals surface area (Å²) in [6.45, 7) is 5.00. The lowest BCUT2D eigenvalue weighted by Gasteiger charge is -2.20. The first kappa shape index (κ1) is 19.2. The molecule has 0 heterocycles. The molecule has 0 spiro atoms. The summed E-state index contributed by atoms with van der Waals surface area (Å²) >= 11 is 0. The molecule has 7 heteroatoms. The fourth-order valence-electron chi connectivity index (χ4n) is 2.26. The first-order chi connectivity index (χ1) is 12.2. The minimum Gasteiger partial charge on any atom is -0.497 e. The molecule has 0 unspecified atom stereocenters. The molecule has 26 heavy (non-hydrogen) atoms. The van der Waals surface area contributed by atoms with Gasteiger partial charge in [-0.05, 0) is 44.5 Å². The average Bonchev–Trinajstić information content (AvgIpc) is 2.58. The van der Waals surface area contributed by atoms with Crippen LogP contribution in [0, 0.1) is 10.1 Å². The van der Waals surface area contributed by atoms with E-state index >= 15 is 0 Å². The molecule has 2 rings (SSSR count). The van der Waals surface area contributed by atoms with Crippen LogP contribution in [0.25, 0.3) is 11.1 Å². The number of nitrogens with zero attached hydrogens (tertiary/aromatic N) is 1. The van der Waals surface area contributed by atoms with E-state index in [4.69, 9.17) is 14.2 Å². The Labute approximate surface area is 151 Å². The quantitative estimate of drug-likeness (QED) is 0.440. The maximum Gasteiger partial charge on any atom is 0.344 e. The standard InChI is InChI=1S/C19H21NO6/c1-19(2,3)26-18(21)12-25-17-10-7-14(20(22)23)11-16(17)13-5-8-15(24-4)9-6-13/h5-11H,12H2,1-4H3. The van der Waals surface area contributed by atoms with Crippen LogP contribution in [0.3, 0.4) is 0 Å². The summed E-state index contributed by atoms with van der Waals surface area (Å²) in [6.07, 6.45) is 0. The van der Waals surface area contributed by atoms with Gasteiger partial charge in [0.25, 0.3) is 5.69 Å². The van der Waals surface area contributed by atoms with Gasteiger partial charge in [0.1, 0.15) is 17.1 Å². The predicted octanol–water partition coefficient (Wildman–Crippen LogP) is 3.99. The van der Waals surface area contributed by atoms with Gasteiger partial charge in [0, 0.05) is 17.7 Å². The minimum atomic E-state index is -0.616. The van der Waals surface area contributed by atoms with Gasteiger partial charge in [-0.1, -0.05) is 12.1 Å². The molecule has 2 aromatic carbocycles. The highest BCUT2D eigenvalue weighted by molar-refractivity contribution is 5.75. The molecular formula is C19H21NO6. The second-order valence-corrected chi connectivity index (χ2v) is 6.54. The Kier molecular flexibility index (Phi) is 5.82. The van der Waals surface area contributed by atoms with Crippen LogP contribution in [0.1, 0.15) is 20.8 Å². The van der Waals surface area contributed by atoms with Crippen molar-refractivity contribution >= 4 is 11.7 Å². The van der Waals surface area contributed by atoms with Crippen molar-refractivity contribution in [2.75, 3.05) is 13.7 Å². The largest absolute Gasteiger partial charge is 0.497 e. The number of non-ortho nitro benzene ring substituents is 1. The summed E-state index contributed by atoms with van der Waals surface area (Å²) in [5, 5.41) is 11.1. The summed E-state index contributed by atoms with van der Waals surface area (Å²) in [5.74, 6) is 0.499. The number of nitro benzene ring substituents is 1. The normalized spacial score (nSPS) is 10.9. The molecule has 0 aromatic heterocycles. The number of nitro groups is 1. The third-order valence-corrected chi connectivity index (χ3v) is 3.34. The van der Waals surface area contributed by atoms with Gasteiger partial charge in [-0.2, -0.15) is 0 Å². The number of rotatable bonds is 6. The Morgan fingerprint density at radius 3 is 2.31 bits per heavy atom. The van der Waals surface area contributed by atoms with Crippen molar-refractivity contribution in [1.29, 1.82) is 0 Å². The van der Waals surface area contributed by atoms with E-state index in [1.165, 1.54) is 18.2 Å². The number of hydrogen-bond acceptors (Lipinski definition) is 6. The van der Waals surface area contributed by atoms with Crippen molar-refractivity contribution in [3.8, 4) is 22.6 Å². The van der Waals surface area contributed by atoms with Gasteiger partial charge in [0.15, 0.2) is 6.61 Å². The Bertz CT molecular complexity index is 793. The Balaban J connectivity index is 2.30. The van der Waals surface area contributed by atoms with Crippen LogP contribution in [-0.2, 0) is 9.53 Å². The summed E-state index contributed by atoms with van der Waals surface area (Å²) in [7, 11) is 1.55. The summed E-state index contributed by atoms with van der Waals surface area (Å²) in [4.78, 5) is 22.5. The smallest absolute Gasteiger partial charge is 0.344 e. The Morgan fingerprint density at radius 1 is 1.12 bits per heavy atom. The fraction of sp³-hybridized carbons (Fsp3) is 0.316. The van der Waals surface area contributed by atoms with Crippen molar-refractivity contribution < 1.29 is 23.9 Å². The van der Waals surface area contributed by atoms with Crippen LogP contribution in [0.4, 0.5) is 5.69 Å². The Morgan fingerprint density at radius 2 is 1.77 bits per heavy atom. The van der Waals surface area contributed by atoms with Crippen LogP contribution in [-0.4, -0.2) is 30.2 Å². The highest BCUT2D eigenvalue weighted by atomic mass is 16.6. The molecule has 0 bridgehead atoms. The van der Waals surface area contributed by atoms with Crippen molar-refractivity contribution in [3.63, 3.8) is 0 Å². The molecule has 138 valence electrons. The second-order valence-electron chi connectivity index (χ2n) is 6.54. The summed E-state index contributed by atoms with van der Waals surface area (Å²) in [6, 6.07) is 11.2. The lowest BCUT2D eigenvalue weighted by molar-refractivity contribution is -0.384. The molecule has 0 aliphatic rings. The van der Waals surface area contributed by atoms with Crippen LogP contribution >= 0.6 is 0 Å². The number of methoxy groups -OCH3 is 1. The second kappa shape index (κ2) is 7.86. The van der Waals surface area contributed by atoms with Gasteiger partial charge < -0.3 is 14.2 Å². The summed E-state index contributed by atoms with van der Waals surface area (Å²) < 4.78 is 15.9. The van der Waals surface area contributed by atoms with Crippen LogP contribution in [0.15, 0.2) is 42.5 Å². The number of ether oxygens (including phenoxy) is 3. The number of esters is 1. The zero-order valence-electron chi connectivity index (χ0n) is 15.1. The zero-order chi connectivity index (χ0) is 19.3. The van der Waals surface area contributed by atoms with Gasteiger partial charge in [-0.3, -0.25) is 10.1 Å². The third-order valence-electron chi connectivity index (χ3n) is 3.34. The van der Waals surface area contributed by atoms with Gasteiger partial charge in [-0.15, -0.1) is 0 Å². The molecule has 0 atom stereocenters. The SMILES string of the molecule is COc1ccc(-c2cc([N+](=O)[O-])ccc2OCC(=O)OC(C)(C)C)cc1. The predicted molar refractivity (Wildman–Crippen MR) is 96.4 cm³/mol. The first-order valence-corrected chi connectivity index (χ1v) is 7.97. The molecular weight excluding hydrogens is 338 g/mol. The lowest BCUT2D eigenvalue weighted by Crippen LogP contribution is -2.27. The topological polar surface area (TPSA) is 87.9 Å². The number of carbonyl (C=O) groups excluding carboxylic acids is 1. The van der Waals surface area contributed by atoms with E-state index in [9.17, 15) is 14.9 Å². The van der Waals surface area contributed by atoms with Gasteiger partial charge in [0.2, 0.25) is 0 Å². The minimum absolute atomic E-state index is 0.0690. The van der Waals surface area contributed by atoms with Crippen molar-refractivity contribution in [3.05, 3.63) is 52.6 Å². The molecule has 0 saturated carbocycles. The van der Waals surface area contributed by atoms with E-state index in [0.29, 0.717) is 22.6 Å². The number of carbonyl (C=O) groups is 1. The zero-order valence-corrected chi connectivity index (χ0v) is 15.1. The number of benzene rings is 2. The maximum absolute atomic E-state index is 11.9. The van der Waals surface area contributed by atoms with Gasteiger partial charge in [-0.25, -0.2) is 4.79 Å². The lowest BCUT2D eigenvalue weighted by atomic mass is 10.0. The molecule has 2 aromatic rings. The molecule has 0 aliphatic heterocycles. The molecule has 0 fully saturated rings. The van der Waals surface area contributed by atoms with Crippen molar-refractivity contribution in [1.82, 2.24) is 0 Å². The average molecular weight is 359 g/mol. The van der Waals surface area contributed by atoms with Crippen molar-refractivity contribution in [2.45, 2.75) is 26.4 Å². The van der Waals surface area contributed by atoms with Gasteiger partial charge >= 0.3 is 5.97 Å². The fourth-order valence-corrected chi connectivity index (χ4v) is 2.26. The Hall–Kier alpha value is -3.09. The monoisotopic (exact) mass is 359 g/mol. The summed E-state index contributed by atoms with van der Waals surface area (Å²) in [5.41, 5.74) is 0.522. The molecule has 0 radical (unpaired) electrons. The molecule has 0 N–H and O–H groups in total. The van der Waals surface area contributed by atoms with E-state index in [1.54, 1.807) is 52.1 Å². The van der Waals surface area contributed by atoms with Crippen LogP contribution < -0.4 is 9.47 Å². The van der Waals surface area contributed by atoms with Crippen molar-refractivity contribution in [2.24, 2.45) is 0 Å².